The number of nitrogens with zero attached hydrogens (tertiary/aromatic N) is 3. The third-order valence-corrected chi connectivity index (χ3v) is 2.92. The lowest BCUT2D eigenvalue weighted by molar-refractivity contribution is -0.141. The van der Waals surface area contributed by atoms with E-state index in [0.29, 0.717) is 6.54 Å². The van der Waals surface area contributed by atoms with Gasteiger partial charge in [0.05, 0.1) is 17.9 Å². The number of carboxylic acid groups (broad SMARTS) is 1. The van der Waals surface area contributed by atoms with Gasteiger partial charge in [0.25, 0.3) is 0 Å². The van der Waals surface area contributed by atoms with Crippen molar-refractivity contribution >= 4 is 5.97 Å². The fourth-order valence-corrected chi connectivity index (χ4v) is 2.17. The van der Waals surface area contributed by atoms with E-state index in [9.17, 15) is 4.79 Å². The van der Waals surface area contributed by atoms with Crippen LogP contribution in [0.3, 0.4) is 0 Å². The molecule has 5 nitrogen and oxygen atoms in total. The van der Waals surface area contributed by atoms with Crippen molar-refractivity contribution in [1.82, 2.24) is 14.5 Å². The van der Waals surface area contributed by atoms with Gasteiger partial charge in [-0.1, -0.05) is 0 Å². The molecule has 1 aliphatic heterocycles. The van der Waals surface area contributed by atoms with Gasteiger partial charge in [-0.2, -0.15) is 0 Å². The number of likely N-dealkylation sites (N-methyl/N-ethyl adjacent to an activating group) is 1. The molecule has 1 aromatic rings. The molecule has 0 radical (unpaired) electrons. The zero-order chi connectivity index (χ0) is 11.0. The Hall–Kier alpha value is -1.36. The highest BCUT2D eigenvalue weighted by molar-refractivity contribution is 5.72. The van der Waals surface area contributed by atoms with E-state index in [1.54, 1.807) is 6.33 Å². The Morgan fingerprint density at radius 2 is 2.27 bits per heavy atom. The maximum atomic E-state index is 11.1. The average molecular weight is 209 g/mol. The van der Waals surface area contributed by atoms with E-state index >= 15 is 0 Å². The summed E-state index contributed by atoms with van der Waals surface area (Å²) in [5.41, 5.74) is 0.884. The van der Waals surface area contributed by atoms with Crippen LogP contribution in [0.5, 0.6) is 0 Å². The lowest BCUT2D eigenvalue weighted by Gasteiger charge is -2.11. The monoisotopic (exact) mass is 209 g/mol. The van der Waals surface area contributed by atoms with Gasteiger partial charge in [0.2, 0.25) is 0 Å². The molecule has 2 atom stereocenters. The summed E-state index contributed by atoms with van der Waals surface area (Å²) in [6.45, 7) is 1.38. The van der Waals surface area contributed by atoms with Crippen LogP contribution in [0.15, 0.2) is 12.5 Å². The molecule has 0 spiro atoms. The van der Waals surface area contributed by atoms with E-state index in [1.165, 1.54) is 0 Å². The van der Waals surface area contributed by atoms with Crippen molar-refractivity contribution in [3.8, 4) is 0 Å². The van der Waals surface area contributed by atoms with E-state index in [4.69, 9.17) is 5.11 Å². The first-order valence-corrected chi connectivity index (χ1v) is 4.97. The molecule has 0 aliphatic carbocycles. The molecule has 0 unspecified atom stereocenters. The number of hydrogen-bond donors (Lipinski definition) is 1. The number of likely N-dealkylation sites (tertiary alicyclic amines) is 1. The second-order valence-corrected chi connectivity index (χ2v) is 4.24. The first-order valence-electron chi connectivity index (χ1n) is 4.97. The van der Waals surface area contributed by atoms with Crippen molar-refractivity contribution in [3.05, 3.63) is 18.2 Å². The molecule has 15 heavy (non-hydrogen) atoms. The smallest absolute Gasteiger partial charge is 0.308 e. The van der Waals surface area contributed by atoms with Gasteiger partial charge in [0.1, 0.15) is 0 Å². The molecule has 1 fully saturated rings. The van der Waals surface area contributed by atoms with Gasteiger partial charge in [0.15, 0.2) is 0 Å². The number of imidazole rings is 1. The first kappa shape index (κ1) is 10.2. The Morgan fingerprint density at radius 1 is 1.53 bits per heavy atom. The summed E-state index contributed by atoms with van der Waals surface area (Å²) in [5, 5.41) is 9.11. The molecule has 2 rings (SSSR count). The largest absolute Gasteiger partial charge is 0.481 e. The van der Waals surface area contributed by atoms with Crippen molar-refractivity contribution in [1.29, 1.82) is 0 Å². The highest BCUT2D eigenvalue weighted by atomic mass is 16.4. The quantitative estimate of drug-likeness (QED) is 0.753. The molecule has 0 saturated carbocycles. The molecule has 1 saturated heterocycles. The highest BCUT2D eigenvalue weighted by Gasteiger charge is 2.38. The molecule has 1 aliphatic rings. The Balaban J connectivity index is 2.24. The Morgan fingerprint density at radius 3 is 2.80 bits per heavy atom. The summed E-state index contributed by atoms with van der Waals surface area (Å²) in [5.74, 6) is -1.03. The summed E-state index contributed by atoms with van der Waals surface area (Å²) in [4.78, 5) is 17.4. The van der Waals surface area contributed by atoms with Crippen LogP contribution >= 0.6 is 0 Å². The number of aryl methyl sites for hydroxylation is 1. The molecule has 0 bridgehead atoms. The van der Waals surface area contributed by atoms with E-state index < -0.39 is 5.97 Å². The van der Waals surface area contributed by atoms with Crippen LogP contribution in [0.25, 0.3) is 0 Å². The standard InChI is InChI=1S/C10H15N3O2/c1-12-3-7(8(4-12)10(14)15)9-5-13(2)6-11-9/h5-8H,3-4H2,1-2H3,(H,14,15)/t7-,8-/m0/s1. The van der Waals surface area contributed by atoms with Crippen LogP contribution in [-0.2, 0) is 11.8 Å². The molecule has 1 aromatic heterocycles. The van der Waals surface area contributed by atoms with Crippen molar-refractivity contribution in [2.24, 2.45) is 13.0 Å². The van der Waals surface area contributed by atoms with Crippen molar-refractivity contribution in [2.75, 3.05) is 20.1 Å². The number of aliphatic carboxylic acids is 1. The van der Waals surface area contributed by atoms with Crippen LogP contribution < -0.4 is 0 Å². The Kier molecular flexibility index (Phi) is 2.48. The molecular weight excluding hydrogens is 194 g/mol. The number of carboxylic acids is 1. The summed E-state index contributed by atoms with van der Waals surface area (Å²) >= 11 is 0. The molecule has 5 heteroatoms. The number of carbonyl (C=O) groups is 1. The SMILES string of the molecule is CN1C[C@H](C(=O)O)[C@@H](c2cn(C)cn2)C1. The fourth-order valence-electron chi connectivity index (χ4n) is 2.17. The summed E-state index contributed by atoms with van der Waals surface area (Å²) in [6, 6.07) is 0. The van der Waals surface area contributed by atoms with E-state index in [-0.39, 0.29) is 11.8 Å². The minimum absolute atomic E-state index is 0.0219. The van der Waals surface area contributed by atoms with Gasteiger partial charge in [-0.05, 0) is 7.05 Å². The Labute approximate surface area is 88.3 Å². The van der Waals surface area contributed by atoms with E-state index in [2.05, 4.69) is 4.98 Å². The first-order chi connectivity index (χ1) is 7.08. The lowest BCUT2D eigenvalue weighted by Crippen LogP contribution is -2.21. The topological polar surface area (TPSA) is 58.4 Å². The Bertz CT molecular complexity index is 374. The van der Waals surface area contributed by atoms with Crippen molar-refractivity contribution in [3.63, 3.8) is 0 Å². The van der Waals surface area contributed by atoms with Crippen LogP contribution in [0.2, 0.25) is 0 Å². The summed E-state index contributed by atoms with van der Waals surface area (Å²) in [7, 11) is 3.84. The fraction of sp³-hybridized carbons (Fsp3) is 0.600. The maximum absolute atomic E-state index is 11.1. The van der Waals surface area contributed by atoms with Crippen molar-refractivity contribution in [2.45, 2.75) is 5.92 Å². The second kappa shape index (κ2) is 3.66. The van der Waals surface area contributed by atoms with Gasteiger partial charge in [0, 0.05) is 32.3 Å². The van der Waals surface area contributed by atoms with Crippen molar-refractivity contribution < 1.29 is 9.90 Å². The van der Waals surface area contributed by atoms with Crippen LogP contribution in [0.4, 0.5) is 0 Å². The van der Waals surface area contributed by atoms with Gasteiger partial charge >= 0.3 is 5.97 Å². The van der Waals surface area contributed by atoms with Gasteiger partial charge < -0.3 is 14.6 Å². The minimum atomic E-state index is -0.727. The molecule has 2 heterocycles. The third kappa shape index (κ3) is 1.87. The second-order valence-electron chi connectivity index (χ2n) is 4.24. The molecule has 82 valence electrons. The predicted molar refractivity (Wildman–Crippen MR) is 54.6 cm³/mol. The third-order valence-electron chi connectivity index (χ3n) is 2.92. The highest BCUT2D eigenvalue weighted by Crippen LogP contribution is 2.30. The lowest BCUT2D eigenvalue weighted by atomic mass is 9.94. The van der Waals surface area contributed by atoms with Gasteiger partial charge in [-0.15, -0.1) is 0 Å². The summed E-state index contributed by atoms with van der Waals surface area (Å²) < 4.78 is 1.85. The zero-order valence-electron chi connectivity index (χ0n) is 8.92. The summed E-state index contributed by atoms with van der Waals surface area (Å²) in [6.07, 6.45) is 3.62. The average Bonchev–Trinajstić information content (AvgIpc) is 2.71. The number of rotatable bonds is 2. The van der Waals surface area contributed by atoms with Crippen LogP contribution in [0, 0.1) is 5.92 Å². The van der Waals surface area contributed by atoms with Crippen LogP contribution in [-0.4, -0.2) is 45.7 Å². The van der Waals surface area contributed by atoms with E-state index in [1.807, 2.05) is 29.8 Å². The molecule has 0 aromatic carbocycles. The van der Waals surface area contributed by atoms with Gasteiger partial charge in [-0.3, -0.25) is 4.79 Å². The molecular formula is C10H15N3O2. The molecule has 1 N–H and O–H groups in total. The maximum Gasteiger partial charge on any atom is 0.308 e. The van der Waals surface area contributed by atoms with Crippen LogP contribution in [0.1, 0.15) is 11.6 Å². The number of hydrogen-bond acceptors (Lipinski definition) is 3. The predicted octanol–water partition coefficient (Wildman–Crippen LogP) is 0.150. The number of aromatic nitrogens is 2. The normalized spacial score (nSPS) is 27.1. The minimum Gasteiger partial charge on any atom is -0.481 e. The zero-order valence-corrected chi connectivity index (χ0v) is 8.92. The van der Waals surface area contributed by atoms with Gasteiger partial charge in [-0.25, -0.2) is 4.98 Å². The molecule has 0 amide bonds. The van der Waals surface area contributed by atoms with E-state index in [0.717, 1.165) is 12.2 Å².